The minimum atomic E-state index is -0.153. The number of methoxy groups -OCH3 is 1. The number of carbonyl (C=O) groups is 1. The van der Waals surface area contributed by atoms with E-state index < -0.39 is 0 Å². The molecule has 3 N–H and O–H groups in total. The van der Waals surface area contributed by atoms with E-state index in [4.69, 9.17) is 10.5 Å². The second-order valence-electron chi connectivity index (χ2n) is 4.96. The van der Waals surface area contributed by atoms with E-state index in [2.05, 4.69) is 19.2 Å². The fraction of sp³-hybridized carbons (Fsp3) is 0.500. The molecule has 1 amide bonds. The van der Waals surface area contributed by atoms with Gasteiger partial charge >= 0.3 is 0 Å². The van der Waals surface area contributed by atoms with E-state index in [1.54, 1.807) is 25.3 Å². The molecule has 0 fully saturated rings. The average molecular weight is 250 g/mol. The minimum absolute atomic E-state index is 0.128. The second-order valence-corrected chi connectivity index (χ2v) is 4.96. The van der Waals surface area contributed by atoms with Crippen LogP contribution in [0.3, 0.4) is 0 Å². The van der Waals surface area contributed by atoms with E-state index in [-0.39, 0.29) is 11.9 Å². The first-order chi connectivity index (χ1) is 8.43. The summed E-state index contributed by atoms with van der Waals surface area (Å²) in [6, 6.07) is 5.21. The number of amides is 1. The van der Waals surface area contributed by atoms with Gasteiger partial charge in [-0.1, -0.05) is 13.8 Å². The molecule has 4 nitrogen and oxygen atoms in total. The molecule has 1 aromatic rings. The van der Waals surface area contributed by atoms with E-state index in [0.29, 0.717) is 22.9 Å². The van der Waals surface area contributed by atoms with Gasteiger partial charge in [0.05, 0.1) is 12.7 Å². The number of benzene rings is 1. The van der Waals surface area contributed by atoms with Crippen LogP contribution in [-0.4, -0.2) is 19.1 Å². The number of carbonyl (C=O) groups excluding carboxylic acids is 1. The molecule has 1 atom stereocenters. The molecule has 0 spiro atoms. The largest absolute Gasteiger partial charge is 0.497 e. The summed E-state index contributed by atoms with van der Waals surface area (Å²) in [5, 5.41) is 2.95. The van der Waals surface area contributed by atoms with E-state index in [9.17, 15) is 4.79 Å². The molecule has 1 rings (SSSR count). The van der Waals surface area contributed by atoms with Crippen molar-refractivity contribution >= 4 is 11.6 Å². The molecule has 0 aliphatic carbocycles. The van der Waals surface area contributed by atoms with Crippen molar-refractivity contribution in [2.24, 2.45) is 5.92 Å². The summed E-state index contributed by atoms with van der Waals surface area (Å²) < 4.78 is 5.09. The molecule has 0 saturated heterocycles. The van der Waals surface area contributed by atoms with Gasteiger partial charge in [0.25, 0.3) is 5.91 Å². The lowest BCUT2D eigenvalue weighted by atomic mass is 10.0. The summed E-state index contributed by atoms with van der Waals surface area (Å²) in [5.74, 6) is 1.02. The van der Waals surface area contributed by atoms with Crippen molar-refractivity contribution in [3.63, 3.8) is 0 Å². The van der Waals surface area contributed by atoms with Crippen LogP contribution in [0.5, 0.6) is 5.75 Å². The quantitative estimate of drug-likeness (QED) is 0.789. The van der Waals surface area contributed by atoms with Gasteiger partial charge in [0.15, 0.2) is 0 Å². The van der Waals surface area contributed by atoms with Crippen molar-refractivity contribution in [3.8, 4) is 5.75 Å². The zero-order valence-corrected chi connectivity index (χ0v) is 11.5. The molecule has 0 aliphatic rings. The summed E-state index contributed by atoms with van der Waals surface area (Å²) in [6.45, 7) is 6.25. The lowest BCUT2D eigenvalue weighted by Gasteiger charge is -2.17. The van der Waals surface area contributed by atoms with Gasteiger partial charge in [0.1, 0.15) is 5.75 Å². The first-order valence-electron chi connectivity index (χ1n) is 6.18. The topological polar surface area (TPSA) is 64.3 Å². The third kappa shape index (κ3) is 3.95. The van der Waals surface area contributed by atoms with Gasteiger partial charge in [0, 0.05) is 11.7 Å². The van der Waals surface area contributed by atoms with Gasteiger partial charge in [0.2, 0.25) is 0 Å². The minimum Gasteiger partial charge on any atom is -0.497 e. The Morgan fingerprint density at radius 1 is 1.39 bits per heavy atom. The predicted octanol–water partition coefficient (Wildman–Crippen LogP) is 2.44. The van der Waals surface area contributed by atoms with Crippen LogP contribution >= 0.6 is 0 Å². The van der Waals surface area contributed by atoms with E-state index >= 15 is 0 Å². The Morgan fingerprint density at radius 3 is 2.61 bits per heavy atom. The van der Waals surface area contributed by atoms with Crippen LogP contribution in [0.2, 0.25) is 0 Å². The zero-order valence-electron chi connectivity index (χ0n) is 11.5. The summed E-state index contributed by atoms with van der Waals surface area (Å²) in [4.78, 5) is 12.1. The van der Waals surface area contributed by atoms with Crippen LogP contribution in [0.25, 0.3) is 0 Å². The molecule has 1 aromatic carbocycles. The SMILES string of the molecule is COc1ccc(N)c(C(=O)NC(C)CC(C)C)c1. The molecule has 100 valence electrons. The molecule has 0 aliphatic heterocycles. The van der Waals surface area contributed by atoms with Crippen molar-refractivity contribution < 1.29 is 9.53 Å². The summed E-state index contributed by atoms with van der Waals surface area (Å²) in [7, 11) is 1.56. The Balaban J connectivity index is 2.77. The lowest BCUT2D eigenvalue weighted by Crippen LogP contribution is -2.33. The van der Waals surface area contributed by atoms with Gasteiger partial charge in [-0.2, -0.15) is 0 Å². The first-order valence-corrected chi connectivity index (χ1v) is 6.18. The highest BCUT2D eigenvalue weighted by molar-refractivity contribution is 5.99. The maximum atomic E-state index is 12.1. The monoisotopic (exact) mass is 250 g/mol. The maximum absolute atomic E-state index is 12.1. The number of anilines is 1. The van der Waals surface area contributed by atoms with E-state index in [1.165, 1.54) is 0 Å². The third-order valence-electron chi connectivity index (χ3n) is 2.71. The Kier molecular flexibility index (Phi) is 5.01. The summed E-state index contributed by atoms with van der Waals surface area (Å²) in [5.41, 5.74) is 6.73. The van der Waals surface area contributed by atoms with Crippen LogP contribution in [0.4, 0.5) is 5.69 Å². The van der Waals surface area contributed by atoms with Gasteiger partial charge in [-0.05, 0) is 37.5 Å². The van der Waals surface area contributed by atoms with Gasteiger partial charge in [-0.15, -0.1) is 0 Å². The molecule has 0 bridgehead atoms. The summed E-state index contributed by atoms with van der Waals surface area (Å²) >= 11 is 0. The molecular weight excluding hydrogens is 228 g/mol. The van der Waals surface area contributed by atoms with Crippen molar-refractivity contribution in [1.29, 1.82) is 0 Å². The molecule has 0 heterocycles. The number of hydrogen-bond donors (Lipinski definition) is 2. The zero-order chi connectivity index (χ0) is 13.7. The average Bonchev–Trinajstić information content (AvgIpc) is 2.28. The smallest absolute Gasteiger partial charge is 0.253 e. The highest BCUT2D eigenvalue weighted by Gasteiger charge is 2.14. The summed E-state index contributed by atoms with van der Waals surface area (Å²) in [6.07, 6.45) is 0.940. The van der Waals surface area contributed by atoms with Gasteiger partial charge < -0.3 is 15.8 Å². The predicted molar refractivity (Wildman–Crippen MR) is 73.8 cm³/mol. The highest BCUT2D eigenvalue weighted by atomic mass is 16.5. The standard InChI is InChI=1S/C14H22N2O2/c1-9(2)7-10(3)16-14(17)12-8-11(18-4)5-6-13(12)15/h5-6,8-10H,7,15H2,1-4H3,(H,16,17). The highest BCUT2D eigenvalue weighted by Crippen LogP contribution is 2.19. The Labute approximate surface area is 109 Å². The third-order valence-corrected chi connectivity index (χ3v) is 2.71. The fourth-order valence-electron chi connectivity index (χ4n) is 1.93. The normalized spacial score (nSPS) is 12.3. The molecular formula is C14H22N2O2. The number of nitrogens with two attached hydrogens (primary N) is 1. The molecule has 0 aromatic heterocycles. The molecule has 0 saturated carbocycles. The number of ether oxygens (including phenoxy) is 1. The fourth-order valence-corrected chi connectivity index (χ4v) is 1.93. The Morgan fingerprint density at radius 2 is 2.06 bits per heavy atom. The van der Waals surface area contributed by atoms with Crippen LogP contribution in [0.15, 0.2) is 18.2 Å². The number of nitrogen functional groups attached to an aromatic ring is 1. The first kappa shape index (κ1) is 14.4. The Bertz CT molecular complexity index is 416. The van der Waals surface area contributed by atoms with Gasteiger partial charge in [-0.3, -0.25) is 4.79 Å². The molecule has 4 heteroatoms. The van der Waals surface area contributed by atoms with Crippen LogP contribution in [-0.2, 0) is 0 Å². The van der Waals surface area contributed by atoms with Crippen molar-refractivity contribution in [2.45, 2.75) is 33.2 Å². The van der Waals surface area contributed by atoms with Crippen molar-refractivity contribution in [2.75, 3.05) is 12.8 Å². The second kappa shape index (κ2) is 6.28. The van der Waals surface area contributed by atoms with Gasteiger partial charge in [-0.25, -0.2) is 0 Å². The maximum Gasteiger partial charge on any atom is 0.253 e. The molecule has 0 radical (unpaired) electrons. The molecule has 18 heavy (non-hydrogen) atoms. The van der Waals surface area contributed by atoms with Crippen molar-refractivity contribution in [1.82, 2.24) is 5.32 Å². The van der Waals surface area contributed by atoms with E-state index in [1.807, 2.05) is 6.92 Å². The lowest BCUT2D eigenvalue weighted by molar-refractivity contribution is 0.0936. The van der Waals surface area contributed by atoms with Crippen LogP contribution in [0, 0.1) is 5.92 Å². The van der Waals surface area contributed by atoms with Crippen LogP contribution < -0.4 is 15.8 Å². The Hall–Kier alpha value is -1.71. The van der Waals surface area contributed by atoms with Crippen molar-refractivity contribution in [3.05, 3.63) is 23.8 Å². The number of nitrogens with one attached hydrogen (secondary N) is 1. The molecule has 1 unspecified atom stereocenters. The number of hydrogen-bond acceptors (Lipinski definition) is 3. The van der Waals surface area contributed by atoms with Crippen LogP contribution in [0.1, 0.15) is 37.6 Å². The number of rotatable bonds is 5. The van der Waals surface area contributed by atoms with E-state index in [0.717, 1.165) is 6.42 Å².